The Morgan fingerprint density at radius 2 is 2.00 bits per heavy atom. The summed E-state index contributed by atoms with van der Waals surface area (Å²) in [7, 11) is 4.11. The van der Waals surface area contributed by atoms with E-state index in [-0.39, 0.29) is 5.91 Å². The molecule has 1 heterocycles. The van der Waals surface area contributed by atoms with Crippen LogP contribution in [0.5, 0.6) is 0 Å². The Morgan fingerprint density at radius 1 is 1.44 bits per heavy atom. The average molecular weight is 271 g/mol. The van der Waals surface area contributed by atoms with Crippen LogP contribution < -0.4 is 5.73 Å². The Hall–Kier alpha value is -0.680. The first-order chi connectivity index (χ1) is 8.39. The zero-order valence-corrected chi connectivity index (χ0v) is 12.7. The molecule has 0 aliphatic carbocycles. The monoisotopic (exact) mass is 271 g/mol. The number of rotatable bonds is 5. The van der Waals surface area contributed by atoms with Crippen LogP contribution in [0.4, 0.5) is 0 Å². The smallest absolute Gasteiger partial charge is 0.235 e. The molecular formula is C13H25N3OS. The maximum absolute atomic E-state index is 12.7. The van der Waals surface area contributed by atoms with E-state index in [1.165, 1.54) is 0 Å². The molecule has 0 aromatic rings. The highest BCUT2D eigenvalue weighted by Crippen LogP contribution is 2.31. The number of likely N-dealkylation sites (tertiary alicyclic amines) is 1. The standard InChI is InChI=1S/C13H25N3OS/c1-5-13(6-2,11(14)18)12(17)16-8-7-10(9-16)15(3)4/h10H,5-9H2,1-4H3,(H2,14,18). The van der Waals surface area contributed by atoms with Crippen LogP contribution in [-0.2, 0) is 4.79 Å². The molecule has 0 saturated carbocycles. The number of thiocarbonyl (C=S) groups is 1. The molecule has 0 aromatic heterocycles. The Bertz CT molecular complexity index is 326. The minimum absolute atomic E-state index is 0.115. The third-order valence-corrected chi connectivity index (χ3v) is 4.66. The molecule has 5 heteroatoms. The molecule has 2 N–H and O–H groups in total. The van der Waals surface area contributed by atoms with Gasteiger partial charge in [0.25, 0.3) is 0 Å². The van der Waals surface area contributed by atoms with Gasteiger partial charge in [-0.1, -0.05) is 26.1 Å². The molecule has 104 valence electrons. The van der Waals surface area contributed by atoms with Crippen molar-refractivity contribution in [3.8, 4) is 0 Å². The predicted octanol–water partition coefficient (Wildman–Crippen LogP) is 1.24. The molecule has 1 fully saturated rings. The van der Waals surface area contributed by atoms with E-state index in [0.717, 1.165) is 19.5 Å². The van der Waals surface area contributed by atoms with E-state index in [2.05, 4.69) is 19.0 Å². The quantitative estimate of drug-likeness (QED) is 0.764. The van der Waals surface area contributed by atoms with E-state index in [0.29, 0.717) is 23.9 Å². The number of likely N-dealkylation sites (N-methyl/N-ethyl adjacent to an activating group) is 1. The Kier molecular flexibility index (Phi) is 5.10. The molecule has 0 bridgehead atoms. The lowest BCUT2D eigenvalue weighted by atomic mass is 9.81. The Morgan fingerprint density at radius 3 is 2.33 bits per heavy atom. The SMILES string of the molecule is CCC(CC)(C(=O)N1CCC(N(C)C)C1)C(N)=S. The summed E-state index contributed by atoms with van der Waals surface area (Å²) in [6.07, 6.45) is 2.39. The van der Waals surface area contributed by atoms with E-state index in [1.807, 2.05) is 18.7 Å². The van der Waals surface area contributed by atoms with Crippen molar-refractivity contribution in [2.45, 2.75) is 39.2 Å². The number of nitrogens with zero attached hydrogens (tertiary/aromatic N) is 2. The van der Waals surface area contributed by atoms with Gasteiger partial charge in [-0.2, -0.15) is 0 Å². The zero-order chi connectivity index (χ0) is 13.9. The topological polar surface area (TPSA) is 49.6 Å². The zero-order valence-electron chi connectivity index (χ0n) is 11.9. The summed E-state index contributed by atoms with van der Waals surface area (Å²) in [4.78, 5) is 17.1. The molecule has 1 aliphatic heterocycles. The van der Waals surface area contributed by atoms with Crippen molar-refractivity contribution in [2.24, 2.45) is 11.1 Å². The lowest BCUT2D eigenvalue weighted by Crippen LogP contribution is -2.50. The van der Waals surface area contributed by atoms with Crippen molar-refractivity contribution in [3.05, 3.63) is 0 Å². The van der Waals surface area contributed by atoms with Gasteiger partial charge in [-0.3, -0.25) is 4.79 Å². The van der Waals surface area contributed by atoms with Gasteiger partial charge < -0.3 is 15.5 Å². The second kappa shape index (κ2) is 5.97. The molecule has 1 amide bonds. The maximum atomic E-state index is 12.7. The first kappa shape index (κ1) is 15.4. The van der Waals surface area contributed by atoms with Crippen molar-refractivity contribution in [2.75, 3.05) is 27.2 Å². The van der Waals surface area contributed by atoms with Crippen molar-refractivity contribution in [1.29, 1.82) is 0 Å². The third-order valence-electron chi connectivity index (χ3n) is 4.27. The summed E-state index contributed by atoms with van der Waals surface area (Å²) in [5.41, 5.74) is 5.19. The highest BCUT2D eigenvalue weighted by atomic mass is 32.1. The summed E-state index contributed by atoms with van der Waals surface area (Å²) in [6.45, 7) is 5.57. The van der Waals surface area contributed by atoms with Crippen LogP contribution >= 0.6 is 12.2 Å². The summed E-state index contributed by atoms with van der Waals surface area (Å²) >= 11 is 5.14. The minimum Gasteiger partial charge on any atom is -0.392 e. The van der Waals surface area contributed by atoms with Gasteiger partial charge in [0.15, 0.2) is 0 Å². The predicted molar refractivity (Wildman–Crippen MR) is 78.5 cm³/mol. The summed E-state index contributed by atoms with van der Waals surface area (Å²) in [5.74, 6) is 0.115. The van der Waals surface area contributed by atoms with Crippen LogP contribution in [-0.4, -0.2) is 53.9 Å². The Balaban J connectivity index is 2.83. The van der Waals surface area contributed by atoms with Gasteiger partial charge in [-0.15, -0.1) is 0 Å². The van der Waals surface area contributed by atoms with Crippen molar-refractivity contribution in [3.63, 3.8) is 0 Å². The van der Waals surface area contributed by atoms with Gasteiger partial charge in [-0.25, -0.2) is 0 Å². The lowest BCUT2D eigenvalue weighted by Gasteiger charge is -2.33. The van der Waals surface area contributed by atoms with E-state index in [9.17, 15) is 4.79 Å². The normalized spacial score (nSPS) is 20.5. The number of hydrogen-bond acceptors (Lipinski definition) is 3. The summed E-state index contributed by atoms with van der Waals surface area (Å²) in [5, 5.41) is 0. The largest absolute Gasteiger partial charge is 0.392 e. The van der Waals surface area contributed by atoms with Crippen LogP contribution in [0, 0.1) is 5.41 Å². The van der Waals surface area contributed by atoms with Crippen LogP contribution in [0.1, 0.15) is 33.1 Å². The number of hydrogen-bond donors (Lipinski definition) is 1. The molecule has 1 atom stereocenters. The van der Waals surface area contributed by atoms with Gasteiger partial charge >= 0.3 is 0 Å². The van der Waals surface area contributed by atoms with Crippen molar-refractivity contribution >= 4 is 23.1 Å². The first-order valence-corrected chi connectivity index (χ1v) is 7.05. The van der Waals surface area contributed by atoms with Crippen LogP contribution in [0.15, 0.2) is 0 Å². The molecule has 0 spiro atoms. The molecule has 1 rings (SSSR count). The summed E-state index contributed by atoms with van der Waals surface area (Å²) in [6, 6.07) is 0.451. The molecular weight excluding hydrogens is 246 g/mol. The van der Waals surface area contributed by atoms with Gasteiger partial charge in [0.05, 0.1) is 10.4 Å². The Labute approximate surface area is 115 Å². The molecule has 0 aromatic carbocycles. The second-order valence-electron chi connectivity index (χ2n) is 5.31. The van der Waals surface area contributed by atoms with Gasteiger partial charge in [0, 0.05) is 19.1 Å². The van der Waals surface area contributed by atoms with E-state index in [4.69, 9.17) is 18.0 Å². The average Bonchev–Trinajstić information content (AvgIpc) is 2.80. The minimum atomic E-state index is -0.642. The fourth-order valence-electron chi connectivity index (χ4n) is 2.66. The molecule has 1 saturated heterocycles. The number of nitrogens with two attached hydrogens (primary N) is 1. The molecule has 1 unspecified atom stereocenters. The van der Waals surface area contributed by atoms with Crippen LogP contribution in [0.25, 0.3) is 0 Å². The van der Waals surface area contributed by atoms with E-state index in [1.54, 1.807) is 0 Å². The molecule has 18 heavy (non-hydrogen) atoms. The van der Waals surface area contributed by atoms with E-state index < -0.39 is 5.41 Å². The lowest BCUT2D eigenvalue weighted by molar-refractivity contribution is -0.137. The second-order valence-corrected chi connectivity index (χ2v) is 5.75. The number of amides is 1. The third kappa shape index (κ3) is 2.67. The van der Waals surface area contributed by atoms with Crippen LogP contribution in [0.3, 0.4) is 0 Å². The van der Waals surface area contributed by atoms with Gasteiger partial charge in [-0.05, 0) is 33.4 Å². The highest BCUT2D eigenvalue weighted by Gasteiger charge is 2.43. The summed E-state index contributed by atoms with van der Waals surface area (Å²) < 4.78 is 0. The number of carbonyl (C=O) groups excluding carboxylic acids is 1. The molecule has 0 radical (unpaired) electrons. The highest BCUT2D eigenvalue weighted by molar-refractivity contribution is 7.80. The van der Waals surface area contributed by atoms with Crippen molar-refractivity contribution in [1.82, 2.24) is 9.80 Å². The van der Waals surface area contributed by atoms with E-state index >= 15 is 0 Å². The van der Waals surface area contributed by atoms with Gasteiger partial charge in [0.1, 0.15) is 0 Å². The van der Waals surface area contributed by atoms with Crippen LogP contribution in [0.2, 0.25) is 0 Å². The van der Waals surface area contributed by atoms with Gasteiger partial charge in [0.2, 0.25) is 5.91 Å². The fourth-order valence-corrected chi connectivity index (χ4v) is 3.03. The fraction of sp³-hybridized carbons (Fsp3) is 0.846. The maximum Gasteiger partial charge on any atom is 0.235 e. The first-order valence-electron chi connectivity index (χ1n) is 6.64. The molecule has 4 nitrogen and oxygen atoms in total. The van der Waals surface area contributed by atoms with Crippen molar-refractivity contribution < 1.29 is 4.79 Å². The number of carbonyl (C=O) groups is 1. The molecule has 1 aliphatic rings.